The zero-order chi connectivity index (χ0) is 25.4. The van der Waals surface area contributed by atoms with Crippen LogP contribution < -0.4 is 0 Å². The molecule has 0 saturated carbocycles. The first-order valence-electron chi connectivity index (χ1n) is 12.0. The third-order valence-corrected chi connectivity index (χ3v) is 7.79. The molecule has 1 aliphatic carbocycles. The molecule has 0 radical (unpaired) electrons. The number of rotatable bonds is 4. The summed E-state index contributed by atoms with van der Waals surface area (Å²) in [6, 6.07) is 13.3. The van der Waals surface area contributed by atoms with Crippen molar-refractivity contribution in [3.63, 3.8) is 0 Å². The summed E-state index contributed by atoms with van der Waals surface area (Å²) in [6.45, 7) is 2.98. The first kappa shape index (κ1) is 25.1. The molecule has 36 heavy (non-hydrogen) atoms. The van der Waals surface area contributed by atoms with Crippen molar-refractivity contribution < 1.29 is 14.0 Å². The van der Waals surface area contributed by atoms with E-state index in [-0.39, 0.29) is 30.0 Å². The summed E-state index contributed by atoms with van der Waals surface area (Å²) in [4.78, 5) is 34.8. The second-order valence-electron chi connectivity index (χ2n) is 9.46. The summed E-state index contributed by atoms with van der Waals surface area (Å²) in [7, 11) is 0. The van der Waals surface area contributed by atoms with Crippen LogP contribution in [0, 0.1) is 5.82 Å². The fourth-order valence-corrected chi connectivity index (χ4v) is 5.92. The van der Waals surface area contributed by atoms with E-state index >= 15 is 0 Å². The number of hydrogen-bond donors (Lipinski definition) is 0. The van der Waals surface area contributed by atoms with E-state index in [1.807, 2.05) is 18.3 Å². The van der Waals surface area contributed by atoms with Crippen LogP contribution in [0.2, 0.25) is 5.02 Å². The number of amides is 1. The van der Waals surface area contributed by atoms with Gasteiger partial charge in [0.2, 0.25) is 5.91 Å². The molecule has 5 rings (SSSR count). The highest BCUT2D eigenvalue weighted by atomic mass is 79.9. The van der Waals surface area contributed by atoms with Crippen molar-refractivity contribution in [2.45, 2.75) is 38.3 Å². The van der Waals surface area contributed by atoms with Gasteiger partial charge in [-0.15, -0.1) is 0 Å². The summed E-state index contributed by atoms with van der Waals surface area (Å²) in [6.07, 6.45) is 3.65. The van der Waals surface area contributed by atoms with Gasteiger partial charge in [-0.3, -0.25) is 19.5 Å². The quantitative estimate of drug-likeness (QED) is 0.434. The molecule has 1 aliphatic heterocycles. The molecular formula is C28H26BrClFN3O2. The average Bonchev–Trinajstić information content (AvgIpc) is 3.01. The Kier molecular flexibility index (Phi) is 7.24. The van der Waals surface area contributed by atoms with Crippen LogP contribution >= 0.6 is 27.5 Å². The summed E-state index contributed by atoms with van der Waals surface area (Å²) in [5, 5.41) is 0.699. The first-order chi connectivity index (χ1) is 17.3. The number of Topliss-reactive ketones (excluding diaryl/α,β-unsaturated/α-hetero) is 1. The van der Waals surface area contributed by atoms with E-state index in [2.05, 4.69) is 33.0 Å². The number of benzene rings is 2. The Morgan fingerprint density at radius 2 is 1.83 bits per heavy atom. The van der Waals surface area contributed by atoms with Crippen LogP contribution in [-0.4, -0.2) is 52.2 Å². The molecule has 0 N–H and O–H groups in total. The maximum atomic E-state index is 13.3. The second-order valence-corrected chi connectivity index (χ2v) is 10.8. The summed E-state index contributed by atoms with van der Waals surface area (Å²) in [5.41, 5.74) is 5.19. The third kappa shape index (κ3) is 5.10. The smallest absolute Gasteiger partial charge is 0.227 e. The van der Waals surface area contributed by atoms with E-state index in [1.54, 1.807) is 17.0 Å². The number of halogens is 3. The lowest BCUT2D eigenvalue weighted by Crippen LogP contribution is -2.58. The number of nitrogens with zero attached hydrogens (tertiary/aromatic N) is 3. The zero-order valence-electron chi connectivity index (χ0n) is 19.9. The minimum atomic E-state index is -0.565. The van der Waals surface area contributed by atoms with Crippen LogP contribution in [0.1, 0.15) is 40.9 Å². The lowest BCUT2D eigenvalue weighted by molar-refractivity contribution is -0.142. The van der Waals surface area contributed by atoms with Crippen LogP contribution in [0.15, 0.2) is 59.2 Å². The van der Waals surface area contributed by atoms with Gasteiger partial charge in [-0.2, -0.15) is 0 Å². The molecule has 0 spiro atoms. The molecule has 1 fully saturated rings. The Hall–Kier alpha value is -2.61. The number of carbonyl (C=O) groups excluding carboxylic acids is 2. The van der Waals surface area contributed by atoms with E-state index < -0.39 is 6.04 Å². The lowest BCUT2D eigenvalue weighted by atomic mass is 9.94. The zero-order valence-corrected chi connectivity index (χ0v) is 22.2. The van der Waals surface area contributed by atoms with Crippen LogP contribution in [0.5, 0.6) is 0 Å². The van der Waals surface area contributed by atoms with Crippen LogP contribution in [0.3, 0.4) is 0 Å². The lowest BCUT2D eigenvalue weighted by Gasteiger charge is -2.44. The predicted octanol–water partition coefficient (Wildman–Crippen LogP) is 5.17. The van der Waals surface area contributed by atoms with Gasteiger partial charge in [-0.25, -0.2) is 4.39 Å². The molecule has 186 valence electrons. The number of ketones is 1. The number of aromatic nitrogens is 1. The highest BCUT2D eigenvalue weighted by Gasteiger charge is 2.39. The predicted molar refractivity (Wildman–Crippen MR) is 140 cm³/mol. The number of fused-ring (bicyclic) bond motifs is 2. The molecule has 2 atom stereocenters. The number of piperazine rings is 1. The molecule has 2 aliphatic rings. The van der Waals surface area contributed by atoms with Gasteiger partial charge in [0.1, 0.15) is 11.9 Å². The normalized spacial score (nSPS) is 19.8. The van der Waals surface area contributed by atoms with Gasteiger partial charge < -0.3 is 4.90 Å². The standard InChI is InChI=1S/C28H26BrClFN3O2/c1-17(35)25-16-33(10-11-34(25)26(36)12-18-2-7-23(31)8-3-18)28-24-9-6-22(30)14-19(24)4-5-20-13-21(29)15-32-27(20)28/h2-3,6-9,13-15,25,28H,4-5,10-12,16H2,1H3/t25-,28?/m1/s1. The van der Waals surface area contributed by atoms with Gasteiger partial charge in [-0.1, -0.05) is 29.8 Å². The summed E-state index contributed by atoms with van der Waals surface area (Å²) < 4.78 is 14.2. The van der Waals surface area contributed by atoms with Crippen molar-refractivity contribution in [2.75, 3.05) is 19.6 Å². The number of hydrogen-bond acceptors (Lipinski definition) is 4. The molecule has 1 unspecified atom stereocenters. The van der Waals surface area contributed by atoms with Crippen molar-refractivity contribution >= 4 is 39.2 Å². The highest BCUT2D eigenvalue weighted by molar-refractivity contribution is 9.10. The maximum absolute atomic E-state index is 13.3. The van der Waals surface area contributed by atoms with E-state index in [0.29, 0.717) is 24.7 Å². The SMILES string of the molecule is CC(=O)[C@H]1CN(C2c3ccc(Cl)cc3CCc3cc(Br)cnc32)CCN1C(=O)Cc1ccc(F)cc1. The number of pyridine rings is 1. The molecule has 8 heteroatoms. The van der Waals surface area contributed by atoms with E-state index in [1.165, 1.54) is 24.6 Å². The topological polar surface area (TPSA) is 53.5 Å². The Morgan fingerprint density at radius 1 is 1.08 bits per heavy atom. The second kappa shape index (κ2) is 10.4. The average molecular weight is 571 g/mol. The van der Waals surface area contributed by atoms with Crippen LogP contribution in [-0.2, 0) is 28.9 Å². The van der Waals surface area contributed by atoms with Crippen molar-refractivity contribution in [1.29, 1.82) is 0 Å². The Balaban J connectivity index is 1.46. The van der Waals surface area contributed by atoms with Crippen LogP contribution in [0.4, 0.5) is 4.39 Å². The van der Waals surface area contributed by atoms with Gasteiger partial charge in [0, 0.05) is 35.3 Å². The summed E-state index contributed by atoms with van der Waals surface area (Å²) >= 11 is 9.90. The molecule has 1 aromatic heterocycles. The molecule has 3 aromatic rings. The Labute approximate surface area is 223 Å². The fraction of sp³-hybridized carbons (Fsp3) is 0.321. The minimum absolute atomic E-state index is 0.0545. The first-order valence-corrected chi connectivity index (χ1v) is 13.2. The van der Waals surface area contributed by atoms with Crippen molar-refractivity contribution in [2.24, 2.45) is 0 Å². The summed E-state index contributed by atoms with van der Waals surface area (Å²) in [5.74, 6) is -0.523. The molecule has 1 saturated heterocycles. The maximum Gasteiger partial charge on any atom is 0.227 e. The monoisotopic (exact) mass is 569 g/mol. The Bertz CT molecular complexity index is 1260. The van der Waals surface area contributed by atoms with E-state index in [0.717, 1.165) is 39.7 Å². The molecule has 1 amide bonds. The molecule has 0 bridgehead atoms. The minimum Gasteiger partial charge on any atom is -0.330 e. The van der Waals surface area contributed by atoms with Gasteiger partial charge >= 0.3 is 0 Å². The highest BCUT2D eigenvalue weighted by Crippen LogP contribution is 2.38. The number of aryl methyl sites for hydroxylation is 2. The van der Waals surface area contributed by atoms with Gasteiger partial charge in [0.25, 0.3) is 0 Å². The molecule has 2 aromatic carbocycles. The number of carbonyl (C=O) groups is 2. The van der Waals surface area contributed by atoms with Gasteiger partial charge in [0.05, 0.1) is 18.2 Å². The molecule has 5 nitrogen and oxygen atoms in total. The van der Waals surface area contributed by atoms with Crippen LogP contribution in [0.25, 0.3) is 0 Å². The van der Waals surface area contributed by atoms with Crippen molar-refractivity contribution in [3.8, 4) is 0 Å². The molecule has 2 heterocycles. The third-order valence-electron chi connectivity index (χ3n) is 7.13. The Morgan fingerprint density at radius 3 is 2.58 bits per heavy atom. The molecular weight excluding hydrogens is 545 g/mol. The van der Waals surface area contributed by atoms with Gasteiger partial charge in [-0.05, 0) is 88.3 Å². The van der Waals surface area contributed by atoms with Gasteiger partial charge in [0.15, 0.2) is 5.78 Å². The van der Waals surface area contributed by atoms with Crippen molar-refractivity contribution in [1.82, 2.24) is 14.8 Å². The van der Waals surface area contributed by atoms with E-state index in [4.69, 9.17) is 16.6 Å². The van der Waals surface area contributed by atoms with Crippen molar-refractivity contribution in [3.05, 3.63) is 98.0 Å². The van der Waals surface area contributed by atoms with E-state index in [9.17, 15) is 14.0 Å². The largest absolute Gasteiger partial charge is 0.330 e. The fourth-order valence-electron chi connectivity index (χ4n) is 5.35.